The first-order chi connectivity index (χ1) is 13.1. The first-order valence-corrected chi connectivity index (χ1v) is 10.1. The highest BCUT2D eigenvalue weighted by atomic mass is 32.2. The first kappa shape index (κ1) is 20.4. The Labute approximate surface area is 160 Å². The van der Waals surface area contributed by atoms with Crippen LogP contribution in [0.5, 0.6) is 0 Å². The third kappa shape index (κ3) is 3.93. The maximum atomic E-state index is 14.6. The fourth-order valence-electron chi connectivity index (χ4n) is 2.89. The largest absolute Gasteiger partial charge is 0.490 e. The molecule has 1 fully saturated rings. The summed E-state index contributed by atoms with van der Waals surface area (Å²) in [6.45, 7) is 3.50. The van der Waals surface area contributed by atoms with Crippen LogP contribution in [0.4, 0.5) is 18.9 Å². The van der Waals surface area contributed by atoms with Crippen LogP contribution in [0.1, 0.15) is 20.3 Å². The van der Waals surface area contributed by atoms with E-state index in [-0.39, 0.29) is 35.3 Å². The van der Waals surface area contributed by atoms with Gasteiger partial charge in [-0.3, -0.25) is 4.79 Å². The molecule has 1 heterocycles. The predicted octanol–water partition coefficient (Wildman–Crippen LogP) is 2.76. The van der Waals surface area contributed by atoms with Crippen LogP contribution in [-0.2, 0) is 19.6 Å². The van der Waals surface area contributed by atoms with Crippen LogP contribution in [-0.4, -0.2) is 33.1 Å². The summed E-state index contributed by atoms with van der Waals surface area (Å²) in [7, 11) is -4.02. The Morgan fingerprint density at radius 3 is 2.64 bits per heavy atom. The van der Waals surface area contributed by atoms with Gasteiger partial charge in [0.1, 0.15) is 17.7 Å². The third-order valence-corrected chi connectivity index (χ3v) is 6.07. The van der Waals surface area contributed by atoms with Gasteiger partial charge >= 0.3 is 0 Å². The van der Waals surface area contributed by atoms with E-state index in [9.17, 15) is 26.4 Å². The van der Waals surface area contributed by atoms with Gasteiger partial charge in [-0.25, -0.2) is 26.3 Å². The van der Waals surface area contributed by atoms with Crippen molar-refractivity contribution in [2.45, 2.75) is 32.5 Å². The second-order valence-corrected chi connectivity index (χ2v) is 8.56. The second kappa shape index (κ2) is 7.59. The molecule has 0 aromatic heterocycles. The average molecular weight is 416 g/mol. The molecule has 0 saturated carbocycles. The van der Waals surface area contributed by atoms with Crippen molar-refractivity contribution in [1.82, 2.24) is 4.72 Å². The molecule has 0 radical (unpaired) electrons. The Morgan fingerprint density at radius 1 is 1.29 bits per heavy atom. The molecule has 1 aromatic rings. The van der Waals surface area contributed by atoms with E-state index in [1.807, 2.05) is 0 Å². The highest BCUT2D eigenvalue weighted by Gasteiger charge is 2.40. The molecule has 10 heteroatoms. The lowest BCUT2D eigenvalue weighted by molar-refractivity contribution is -0.113. The summed E-state index contributed by atoms with van der Waals surface area (Å²) < 4.78 is 74.3. The van der Waals surface area contributed by atoms with Gasteiger partial charge in [-0.05, 0) is 18.1 Å². The zero-order valence-corrected chi connectivity index (χ0v) is 15.9. The van der Waals surface area contributed by atoms with Crippen molar-refractivity contribution in [3.05, 3.63) is 52.1 Å². The Bertz CT molecular complexity index is 973. The molecule has 152 valence electrons. The molecule has 1 aliphatic carbocycles. The van der Waals surface area contributed by atoms with E-state index in [2.05, 4.69) is 10.0 Å². The highest BCUT2D eigenvalue weighted by molar-refractivity contribution is 7.93. The average Bonchev–Trinajstić information content (AvgIpc) is 2.74. The third-order valence-electron chi connectivity index (χ3n) is 4.52. The van der Waals surface area contributed by atoms with Gasteiger partial charge in [0.2, 0.25) is 10.0 Å². The first-order valence-electron chi connectivity index (χ1n) is 8.60. The summed E-state index contributed by atoms with van der Waals surface area (Å²) in [5.74, 6) is -3.74. The van der Waals surface area contributed by atoms with Gasteiger partial charge in [-0.2, -0.15) is 0 Å². The Balaban J connectivity index is 1.99. The monoisotopic (exact) mass is 416 g/mol. The number of rotatable bonds is 3. The number of anilines is 1. The SMILES string of the molecule is CC(C)[C@H]1COC2=C(C(=O)Nc3ccc(F)c(F)c3)C(F)CC=C2S(=O)(=O)N1. The number of ether oxygens (including phenoxy) is 1. The van der Waals surface area contributed by atoms with Gasteiger partial charge in [-0.15, -0.1) is 0 Å². The van der Waals surface area contributed by atoms with Crippen LogP contribution < -0.4 is 10.0 Å². The standard InChI is InChI=1S/C18H19F3N2O4S/c1-9(2)14-8-27-17-15(28(25,26)23-14)6-5-12(20)16(17)18(24)22-10-3-4-11(19)13(21)7-10/h3-4,6-7,9,12,14,23H,5,8H2,1-2H3,(H,22,24)/t12?,14-/m1/s1. The normalized spacial score (nSPS) is 24.1. The lowest BCUT2D eigenvalue weighted by Gasteiger charge is -2.22. The number of carbonyl (C=O) groups excluding carboxylic acids is 1. The number of halogens is 3. The summed E-state index contributed by atoms with van der Waals surface area (Å²) in [6, 6.07) is 2.10. The van der Waals surface area contributed by atoms with Crippen LogP contribution in [0.2, 0.25) is 0 Å². The molecule has 1 aliphatic heterocycles. The van der Waals surface area contributed by atoms with E-state index in [0.717, 1.165) is 18.2 Å². The number of fused-ring (bicyclic) bond motifs is 1. The van der Waals surface area contributed by atoms with Gasteiger partial charge in [0.25, 0.3) is 5.91 Å². The van der Waals surface area contributed by atoms with Crippen LogP contribution in [0.25, 0.3) is 0 Å². The quantitative estimate of drug-likeness (QED) is 0.794. The number of sulfonamides is 1. The van der Waals surface area contributed by atoms with Crippen LogP contribution >= 0.6 is 0 Å². The minimum absolute atomic E-state index is 0.0851. The number of benzene rings is 1. The summed E-state index contributed by atoms with van der Waals surface area (Å²) in [5.41, 5.74) is -0.605. The molecule has 2 atom stereocenters. The van der Waals surface area contributed by atoms with Gasteiger partial charge in [0, 0.05) is 18.2 Å². The van der Waals surface area contributed by atoms with Crippen LogP contribution in [0, 0.1) is 17.6 Å². The zero-order valence-electron chi connectivity index (χ0n) is 15.1. The number of alkyl halides is 1. The lowest BCUT2D eigenvalue weighted by Crippen LogP contribution is -2.39. The fraction of sp³-hybridized carbons (Fsp3) is 0.389. The van der Waals surface area contributed by atoms with Crippen LogP contribution in [0.15, 0.2) is 40.5 Å². The Kier molecular flexibility index (Phi) is 5.53. The molecule has 0 bridgehead atoms. The maximum Gasteiger partial charge on any atom is 0.258 e. The smallest absolute Gasteiger partial charge is 0.258 e. The molecule has 1 amide bonds. The van der Waals surface area contributed by atoms with Crippen LogP contribution in [0.3, 0.4) is 0 Å². The molecule has 28 heavy (non-hydrogen) atoms. The molecule has 1 unspecified atom stereocenters. The van der Waals surface area contributed by atoms with E-state index in [1.54, 1.807) is 13.8 Å². The van der Waals surface area contributed by atoms with Gasteiger partial charge in [-0.1, -0.05) is 19.9 Å². The van der Waals surface area contributed by atoms with E-state index in [0.29, 0.717) is 0 Å². The Hall–Kier alpha value is -2.33. The number of hydrogen-bond acceptors (Lipinski definition) is 4. The predicted molar refractivity (Wildman–Crippen MR) is 96.2 cm³/mol. The fourth-order valence-corrected chi connectivity index (χ4v) is 4.49. The molecular weight excluding hydrogens is 397 g/mol. The second-order valence-electron chi connectivity index (χ2n) is 6.88. The van der Waals surface area contributed by atoms with E-state index >= 15 is 0 Å². The maximum absolute atomic E-state index is 14.6. The van der Waals surface area contributed by atoms with Crippen molar-refractivity contribution in [3.8, 4) is 0 Å². The number of nitrogens with one attached hydrogen (secondary N) is 2. The molecule has 6 nitrogen and oxygen atoms in total. The van der Waals surface area contributed by atoms with Gasteiger partial charge in [0.15, 0.2) is 17.4 Å². The summed E-state index contributed by atoms with van der Waals surface area (Å²) in [6.07, 6.45) is -0.982. The minimum atomic E-state index is -4.02. The molecule has 2 aliphatic rings. The molecule has 3 rings (SSSR count). The number of hydrogen-bond donors (Lipinski definition) is 2. The molecule has 0 spiro atoms. The number of carbonyl (C=O) groups is 1. The highest BCUT2D eigenvalue weighted by Crippen LogP contribution is 2.34. The van der Waals surface area contributed by atoms with Crippen molar-refractivity contribution in [2.24, 2.45) is 5.92 Å². The van der Waals surface area contributed by atoms with Gasteiger partial charge < -0.3 is 10.1 Å². The van der Waals surface area contributed by atoms with Crippen molar-refractivity contribution in [2.75, 3.05) is 11.9 Å². The van der Waals surface area contributed by atoms with Crippen molar-refractivity contribution >= 4 is 21.6 Å². The van der Waals surface area contributed by atoms with E-state index in [1.165, 1.54) is 6.08 Å². The molecular formula is C18H19F3N2O4S. The minimum Gasteiger partial charge on any atom is -0.490 e. The lowest BCUT2D eigenvalue weighted by atomic mass is 10.00. The van der Waals surface area contributed by atoms with Crippen molar-refractivity contribution < 1.29 is 31.1 Å². The molecule has 1 saturated heterocycles. The summed E-state index contributed by atoms with van der Waals surface area (Å²) in [4.78, 5) is 12.3. The summed E-state index contributed by atoms with van der Waals surface area (Å²) in [5, 5.41) is 2.26. The molecule has 2 N–H and O–H groups in total. The van der Waals surface area contributed by atoms with E-state index in [4.69, 9.17) is 4.74 Å². The van der Waals surface area contributed by atoms with Gasteiger partial charge in [0.05, 0.1) is 11.6 Å². The zero-order chi connectivity index (χ0) is 20.6. The van der Waals surface area contributed by atoms with E-state index < -0.39 is 45.4 Å². The topological polar surface area (TPSA) is 84.5 Å². The number of allylic oxidation sites excluding steroid dienone is 1. The number of amides is 1. The molecule has 1 aromatic carbocycles. The van der Waals surface area contributed by atoms with Crippen molar-refractivity contribution in [1.29, 1.82) is 0 Å². The van der Waals surface area contributed by atoms with Crippen molar-refractivity contribution in [3.63, 3.8) is 0 Å². The summed E-state index contributed by atoms with van der Waals surface area (Å²) >= 11 is 0. The Morgan fingerprint density at radius 2 is 2.00 bits per heavy atom.